The van der Waals surface area contributed by atoms with E-state index >= 15 is 0 Å². The lowest BCUT2D eigenvalue weighted by Gasteiger charge is -2.12. The highest BCUT2D eigenvalue weighted by molar-refractivity contribution is 5.78. The molecule has 1 amide bonds. The van der Waals surface area contributed by atoms with Crippen molar-refractivity contribution in [3.8, 4) is 23.3 Å². The summed E-state index contributed by atoms with van der Waals surface area (Å²) in [4.78, 5) is 12.2. The molecule has 0 aliphatic heterocycles. The van der Waals surface area contributed by atoms with Crippen molar-refractivity contribution in [1.29, 1.82) is 5.26 Å². The minimum Gasteiger partial charge on any atom is -0.493 e. The highest BCUT2D eigenvalue weighted by Crippen LogP contribution is 2.28. The molecule has 4 aromatic rings. The van der Waals surface area contributed by atoms with E-state index in [0.717, 1.165) is 16.8 Å². The smallest absolute Gasteiger partial charge is 0.224 e. The van der Waals surface area contributed by atoms with Crippen LogP contribution in [0.25, 0.3) is 5.69 Å². The molecule has 0 atom stereocenters. The van der Waals surface area contributed by atoms with E-state index in [1.165, 1.54) is 0 Å². The second-order valence-electron chi connectivity index (χ2n) is 7.53. The summed E-state index contributed by atoms with van der Waals surface area (Å²) < 4.78 is 13.0. The van der Waals surface area contributed by atoms with Gasteiger partial charge in [0.25, 0.3) is 0 Å². The Kier molecular flexibility index (Phi) is 7.16. The molecule has 170 valence electrons. The second kappa shape index (κ2) is 10.8. The molecule has 0 fully saturated rings. The van der Waals surface area contributed by atoms with Gasteiger partial charge in [0.15, 0.2) is 11.5 Å². The summed E-state index contributed by atoms with van der Waals surface area (Å²) in [6, 6.07) is 24.3. The van der Waals surface area contributed by atoms with Crippen molar-refractivity contribution >= 4 is 5.91 Å². The topological polar surface area (TPSA) is 102 Å². The van der Waals surface area contributed by atoms with Crippen molar-refractivity contribution in [2.45, 2.75) is 19.6 Å². The number of nitrogens with one attached hydrogen (secondary N) is 1. The van der Waals surface area contributed by atoms with Crippen LogP contribution in [0.5, 0.6) is 11.5 Å². The van der Waals surface area contributed by atoms with Crippen LogP contribution in [0.15, 0.2) is 79.0 Å². The first-order valence-electron chi connectivity index (χ1n) is 10.7. The largest absolute Gasteiger partial charge is 0.493 e. The molecule has 1 aromatic heterocycles. The fourth-order valence-electron chi connectivity index (χ4n) is 3.32. The third-order valence-corrected chi connectivity index (χ3v) is 5.10. The summed E-state index contributed by atoms with van der Waals surface area (Å²) in [5.74, 6) is 1.08. The second-order valence-corrected chi connectivity index (χ2v) is 7.53. The molecule has 1 heterocycles. The van der Waals surface area contributed by atoms with Gasteiger partial charge in [0.05, 0.1) is 37.0 Å². The average Bonchev–Trinajstić information content (AvgIpc) is 3.36. The first-order valence-corrected chi connectivity index (χ1v) is 10.7. The van der Waals surface area contributed by atoms with Crippen molar-refractivity contribution in [2.75, 3.05) is 7.11 Å². The van der Waals surface area contributed by atoms with Crippen LogP contribution in [-0.4, -0.2) is 28.0 Å². The number of benzene rings is 3. The Hall–Kier alpha value is -4.64. The summed E-state index contributed by atoms with van der Waals surface area (Å²) in [6.07, 6.45) is 2.10. The van der Waals surface area contributed by atoms with Gasteiger partial charge >= 0.3 is 0 Å². The summed E-state index contributed by atoms with van der Waals surface area (Å²) in [5, 5.41) is 20.1. The number of rotatable bonds is 9. The molecule has 0 saturated heterocycles. The fourth-order valence-corrected chi connectivity index (χ4v) is 3.32. The zero-order valence-electron chi connectivity index (χ0n) is 18.6. The Labute approximate surface area is 197 Å². The maximum atomic E-state index is 12.2. The number of aromatic nitrogens is 3. The zero-order chi connectivity index (χ0) is 23.8. The van der Waals surface area contributed by atoms with Crippen LogP contribution in [0, 0.1) is 11.3 Å². The Morgan fingerprint density at radius 1 is 1.03 bits per heavy atom. The molecule has 0 unspecified atom stereocenters. The van der Waals surface area contributed by atoms with Gasteiger partial charge < -0.3 is 14.8 Å². The van der Waals surface area contributed by atoms with Gasteiger partial charge in [-0.2, -0.15) is 5.26 Å². The molecule has 0 spiro atoms. The zero-order valence-corrected chi connectivity index (χ0v) is 18.6. The van der Waals surface area contributed by atoms with Gasteiger partial charge in [0.2, 0.25) is 5.91 Å². The van der Waals surface area contributed by atoms with E-state index in [9.17, 15) is 4.79 Å². The number of carbonyl (C=O) groups is 1. The Morgan fingerprint density at radius 2 is 1.82 bits per heavy atom. The third kappa shape index (κ3) is 5.78. The number of hydrogen-bond donors (Lipinski definition) is 1. The lowest BCUT2D eigenvalue weighted by molar-refractivity contribution is -0.120. The third-order valence-electron chi connectivity index (χ3n) is 5.10. The molecule has 3 aromatic carbocycles. The van der Waals surface area contributed by atoms with Gasteiger partial charge in [0.1, 0.15) is 12.3 Å². The predicted octanol–water partition coefficient (Wildman–Crippen LogP) is 3.59. The van der Waals surface area contributed by atoms with Gasteiger partial charge in [-0.25, -0.2) is 4.68 Å². The molecule has 34 heavy (non-hydrogen) atoms. The molecule has 8 nitrogen and oxygen atoms in total. The number of amides is 1. The molecule has 0 bridgehead atoms. The Balaban J connectivity index is 1.33. The van der Waals surface area contributed by atoms with Crippen molar-refractivity contribution in [1.82, 2.24) is 20.3 Å². The van der Waals surface area contributed by atoms with Gasteiger partial charge in [-0.3, -0.25) is 4.79 Å². The van der Waals surface area contributed by atoms with Gasteiger partial charge in [-0.05, 0) is 47.5 Å². The lowest BCUT2D eigenvalue weighted by Crippen LogP contribution is -2.24. The Bertz CT molecular complexity index is 1290. The maximum absolute atomic E-state index is 12.2. The molecule has 1 N–H and O–H groups in total. The highest BCUT2D eigenvalue weighted by atomic mass is 16.5. The van der Waals surface area contributed by atoms with E-state index < -0.39 is 0 Å². The highest BCUT2D eigenvalue weighted by Gasteiger charge is 2.10. The van der Waals surface area contributed by atoms with Gasteiger partial charge in [-0.1, -0.05) is 41.6 Å². The van der Waals surface area contributed by atoms with Crippen molar-refractivity contribution in [3.05, 3.63) is 101 Å². The van der Waals surface area contributed by atoms with Crippen LogP contribution in [0.1, 0.15) is 22.4 Å². The normalized spacial score (nSPS) is 10.4. The summed E-state index contributed by atoms with van der Waals surface area (Å²) in [7, 11) is 1.57. The number of ether oxygens (including phenoxy) is 2. The number of nitrogens with zero attached hydrogens (tertiary/aromatic N) is 4. The van der Waals surface area contributed by atoms with Gasteiger partial charge in [0, 0.05) is 6.54 Å². The summed E-state index contributed by atoms with van der Waals surface area (Å²) in [6.45, 7) is 0.598. The Morgan fingerprint density at radius 3 is 2.56 bits per heavy atom. The van der Waals surface area contributed by atoms with E-state index in [-0.39, 0.29) is 12.5 Å². The number of hydrogen-bond acceptors (Lipinski definition) is 6. The molecular formula is C26H23N5O3. The number of methoxy groups -OCH3 is 1. The maximum Gasteiger partial charge on any atom is 0.224 e. The quantitative estimate of drug-likeness (QED) is 0.416. The summed E-state index contributed by atoms with van der Waals surface area (Å²) >= 11 is 0. The number of nitriles is 1. The van der Waals surface area contributed by atoms with E-state index in [1.807, 2.05) is 48.5 Å². The van der Waals surface area contributed by atoms with Crippen LogP contribution in [0.2, 0.25) is 0 Å². The van der Waals surface area contributed by atoms with E-state index in [4.69, 9.17) is 14.7 Å². The summed E-state index contributed by atoms with van der Waals surface area (Å²) in [5.41, 5.74) is 3.89. The van der Waals surface area contributed by atoms with E-state index in [2.05, 4.69) is 21.7 Å². The molecule has 0 saturated carbocycles. The first kappa shape index (κ1) is 22.6. The molecule has 0 aliphatic rings. The van der Waals surface area contributed by atoms with Crippen molar-refractivity contribution in [2.24, 2.45) is 0 Å². The SMILES string of the molecule is COc1cc(CNC(=O)Cc2ccccc2)ccc1OCc1cn(-c2ccc(C#N)cc2)nn1. The van der Waals surface area contributed by atoms with Crippen LogP contribution in [-0.2, 0) is 24.4 Å². The predicted molar refractivity (Wildman–Crippen MR) is 125 cm³/mol. The molecule has 0 aliphatic carbocycles. The van der Waals surface area contributed by atoms with Crippen LogP contribution in [0.4, 0.5) is 0 Å². The van der Waals surface area contributed by atoms with E-state index in [0.29, 0.717) is 35.7 Å². The molecule has 8 heteroatoms. The van der Waals surface area contributed by atoms with Crippen molar-refractivity contribution < 1.29 is 14.3 Å². The standard InChI is InChI=1S/C26H23N5O3/c1-33-25-13-21(16-28-26(32)14-19-5-3-2-4-6-19)9-12-24(25)34-18-22-17-31(30-29-22)23-10-7-20(15-27)8-11-23/h2-13,17H,14,16,18H2,1H3,(H,28,32). The molecule has 4 rings (SSSR count). The average molecular weight is 454 g/mol. The van der Waals surface area contributed by atoms with Crippen LogP contribution < -0.4 is 14.8 Å². The molecular weight excluding hydrogens is 430 g/mol. The molecule has 0 radical (unpaired) electrons. The lowest BCUT2D eigenvalue weighted by atomic mass is 10.1. The fraction of sp³-hybridized carbons (Fsp3) is 0.154. The van der Waals surface area contributed by atoms with Crippen LogP contribution in [0.3, 0.4) is 0 Å². The van der Waals surface area contributed by atoms with Crippen LogP contribution >= 0.6 is 0 Å². The van der Waals surface area contributed by atoms with Crippen molar-refractivity contribution in [3.63, 3.8) is 0 Å². The first-order chi connectivity index (χ1) is 16.6. The minimum absolute atomic E-state index is 0.0455. The monoisotopic (exact) mass is 453 g/mol. The number of carbonyl (C=O) groups excluding carboxylic acids is 1. The minimum atomic E-state index is -0.0455. The van der Waals surface area contributed by atoms with E-state index in [1.54, 1.807) is 42.3 Å². The van der Waals surface area contributed by atoms with Gasteiger partial charge in [-0.15, -0.1) is 5.10 Å².